The van der Waals surface area contributed by atoms with Crippen molar-refractivity contribution < 1.29 is 29.0 Å². The highest BCUT2D eigenvalue weighted by Crippen LogP contribution is 2.44. The summed E-state index contributed by atoms with van der Waals surface area (Å²) in [4.78, 5) is 50.2. The fourth-order valence-corrected chi connectivity index (χ4v) is 4.56. The number of carbonyl (C=O) groups excluding carboxylic acids is 3. The number of hydrogen-bond acceptors (Lipinski definition) is 5. The van der Waals surface area contributed by atoms with Crippen LogP contribution in [0.25, 0.3) is 11.1 Å². The smallest absolute Gasteiger partial charge is 0.407 e. The average molecular weight is 456 g/mol. The van der Waals surface area contributed by atoms with Gasteiger partial charge in [-0.2, -0.15) is 0 Å². The molecule has 0 aromatic heterocycles. The van der Waals surface area contributed by atoms with E-state index < -0.39 is 36.5 Å². The fourth-order valence-electron chi connectivity index (χ4n) is 4.56. The summed E-state index contributed by atoms with van der Waals surface area (Å²) in [5, 5.41) is 11.9. The Balaban J connectivity index is 1.26. The van der Waals surface area contributed by atoms with Gasteiger partial charge >= 0.3 is 12.1 Å². The van der Waals surface area contributed by atoms with Crippen molar-refractivity contribution in [1.82, 2.24) is 10.2 Å². The molecule has 1 aliphatic heterocycles. The van der Waals surface area contributed by atoms with Gasteiger partial charge in [-0.05, 0) is 34.4 Å². The Kier molecular flexibility index (Phi) is 5.33. The maximum atomic E-state index is 12.6. The Hall–Kier alpha value is -4.46. The molecule has 0 saturated carbocycles. The number of nitrogens with one attached hydrogen (secondary N) is 1. The number of benzene rings is 3. The third kappa shape index (κ3) is 3.59. The van der Waals surface area contributed by atoms with Gasteiger partial charge in [-0.1, -0.05) is 60.7 Å². The van der Waals surface area contributed by atoms with Crippen LogP contribution in [-0.4, -0.2) is 53.1 Å². The molecule has 2 aliphatic rings. The standard InChI is InChI=1S/C26H20N2O6/c29-23-19-11-5-6-12-20(19)24(30)28(23)13-22(25(31)32)27-26(33)34-14-21-17-9-3-1-7-15(17)16-8-2-4-10-18(16)21/h1-12,21-22H,13-14H2,(H,27,33)(H,31,32). The van der Waals surface area contributed by atoms with Gasteiger partial charge in [-0.25, -0.2) is 9.59 Å². The highest BCUT2D eigenvalue weighted by atomic mass is 16.5. The van der Waals surface area contributed by atoms with E-state index in [0.717, 1.165) is 27.2 Å². The molecule has 0 spiro atoms. The molecule has 0 bridgehead atoms. The summed E-state index contributed by atoms with van der Waals surface area (Å²) in [6, 6.07) is 20.4. The molecule has 3 aromatic rings. The van der Waals surface area contributed by atoms with Crippen LogP contribution in [0.15, 0.2) is 72.8 Å². The van der Waals surface area contributed by atoms with Crippen LogP contribution in [0.1, 0.15) is 37.8 Å². The Labute approximate surface area is 194 Å². The largest absolute Gasteiger partial charge is 0.480 e. The van der Waals surface area contributed by atoms with Crippen LogP contribution in [-0.2, 0) is 9.53 Å². The summed E-state index contributed by atoms with van der Waals surface area (Å²) in [7, 11) is 0. The van der Waals surface area contributed by atoms with Gasteiger partial charge in [0.1, 0.15) is 12.6 Å². The zero-order chi connectivity index (χ0) is 23.8. The van der Waals surface area contributed by atoms with Gasteiger partial charge in [-0.15, -0.1) is 0 Å². The predicted molar refractivity (Wildman–Crippen MR) is 121 cm³/mol. The molecule has 3 aromatic carbocycles. The number of alkyl carbamates (subject to hydrolysis) is 1. The summed E-state index contributed by atoms with van der Waals surface area (Å²) in [6.45, 7) is -0.495. The second kappa shape index (κ2) is 8.47. The summed E-state index contributed by atoms with van der Waals surface area (Å²) in [6.07, 6.45) is -0.939. The molecule has 1 heterocycles. The Morgan fingerprint density at radius 3 is 1.79 bits per heavy atom. The minimum Gasteiger partial charge on any atom is -0.480 e. The quantitative estimate of drug-likeness (QED) is 0.551. The van der Waals surface area contributed by atoms with Crippen molar-refractivity contribution in [2.75, 3.05) is 13.2 Å². The SMILES string of the molecule is O=C(NC(CN1C(=O)c2ccccc2C1=O)C(=O)O)OCC1c2ccccc2-c2ccccc21. The number of amides is 3. The maximum Gasteiger partial charge on any atom is 0.407 e. The van der Waals surface area contributed by atoms with Gasteiger partial charge in [0.25, 0.3) is 11.8 Å². The van der Waals surface area contributed by atoms with Crippen LogP contribution < -0.4 is 5.32 Å². The maximum absolute atomic E-state index is 12.6. The van der Waals surface area contributed by atoms with Crippen LogP contribution in [0.2, 0.25) is 0 Å². The molecule has 34 heavy (non-hydrogen) atoms. The number of carboxylic acid groups (broad SMARTS) is 1. The van der Waals surface area contributed by atoms with Gasteiger partial charge in [0, 0.05) is 5.92 Å². The van der Waals surface area contributed by atoms with E-state index in [-0.39, 0.29) is 23.7 Å². The molecule has 0 radical (unpaired) electrons. The van der Waals surface area contributed by atoms with E-state index in [9.17, 15) is 24.3 Å². The molecule has 2 N–H and O–H groups in total. The van der Waals surface area contributed by atoms with Gasteiger partial charge in [0.05, 0.1) is 17.7 Å². The molecule has 0 fully saturated rings. The first kappa shape index (κ1) is 21.4. The second-order valence-corrected chi connectivity index (χ2v) is 8.13. The van der Waals surface area contributed by atoms with Crippen LogP contribution in [0.4, 0.5) is 4.79 Å². The lowest BCUT2D eigenvalue weighted by Crippen LogP contribution is -2.50. The Morgan fingerprint density at radius 1 is 0.824 bits per heavy atom. The van der Waals surface area contributed by atoms with Gasteiger partial charge in [0.15, 0.2) is 0 Å². The van der Waals surface area contributed by atoms with Crippen molar-refractivity contribution in [3.8, 4) is 11.1 Å². The topological polar surface area (TPSA) is 113 Å². The molecule has 5 rings (SSSR count). The number of nitrogens with zero attached hydrogens (tertiary/aromatic N) is 1. The zero-order valence-electron chi connectivity index (χ0n) is 17.9. The third-order valence-corrected chi connectivity index (χ3v) is 6.18. The number of rotatable bonds is 6. The summed E-state index contributed by atoms with van der Waals surface area (Å²) >= 11 is 0. The van der Waals surface area contributed by atoms with E-state index in [0.29, 0.717) is 0 Å². The number of carbonyl (C=O) groups is 4. The monoisotopic (exact) mass is 456 g/mol. The van der Waals surface area contributed by atoms with E-state index >= 15 is 0 Å². The van der Waals surface area contributed by atoms with Crippen molar-refractivity contribution in [3.63, 3.8) is 0 Å². The lowest BCUT2D eigenvalue weighted by molar-refractivity contribution is -0.139. The van der Waals surface area contributed by atoms with E-state index in [2.05, 4.69) is 5.32 Å². The molecule has 1 aliphatic carbocycles. The van der Waals surface area contributed by atoms with Crippen LogP contribution in [0.5, 0.6) is 0 Å². The molecule has 170 valence electrons. The van der Waals surface area contributed by atoms with Crippen LogP contribution in [0.3, 0.4) is 0 Å². The van der Waals surface area contributed by atoms with Crippen molar-refractivity contribution in [2.24, 2.45) is 0 Å². The molecule has 1 atom stereocenters. The zero-order valence-corrected chi connectivity index (χ0v) is 17.9. The average Bonchev–Trinajstić information content (AvgIpc) is 3.29. The molecule has 8 heteroatoms. The molecular formula is C26H20N2O6. The van der Waals surface area contributed by atoms with Crippen molar-refractivity contribution in [1.29, 1.82) is 0 Å². The van der Waals surface area contributed by atoms with Crippen molar-refractivity contribution in [2.45, 2.75) is 12.0 Å². The van der Waals surface area contributed by atoms with Crippen molar-refractivity contribution in [3.05, 3.63) is 95.1 Å². The van der Waals surface area contributed by atoms with Gasteiger partial charge in [-0.3, -0.25) is 14.5 Å². The first-order valence-electron chi connectivity index (χ1n) is 10.7. The summed E-state index contributed by atoms with van der Waals surface area (Å²) < 4.78 is 5.40. The number of fused-ring (bicyclic) bond motifs is 4. The molecule has 8 nitrogen and oxygen atoms in total. The fraction of sp³-hybridized carbons (Fsp3) is 0.154. The Bertz CT molecular complexity index is 1250. The molecule has 0 saturated heterocycles. The van der Waals surface area contributed by atoms with Crippen LogP contribution >= 0.6 is 0 Å². The lowest BCUT2D eigenvalue weighted by Gasteiger charge is -2.21. The summed E-state index contributed by atoms with van der Waals surface area (Å²) in [5.41, 5.74) is 4.60. The minimum atomic E-state index is -1.52. The second-order valence-electron chi connectivity index (χ2n) is 8.13. The highest BCUT2D eigenvalue weighted by Gasteiger charge is 2.38. The van der Waals surface area contributed by atoms with Crippen LogP contribution in [0, 0.1) is 0 Å². The third-order valence-electron chi connectivity index (χ3n) is 6.18. The first-order chi connectivity index (χ1) is 16.5. The number of ether oxygens (including phenoxy) is 1. The number of hydrogen-bond donors (Lipinski definition) is 2. The first-order valence-corrected chi connectivity index (χ1v) is 10.7. The van der Waals surface area contributed by atoms with Gasteiger partial charge in [0.2, 0.25) is 0 Å². The Morgan fingerprint density at radius 2 is 1.29 bits per heavy atom. The van der Waals surface area contributed by atoms with Gasteiger partial charge < -0.3 is 15.2 Å². The van der Waals surface area contributed by atoms with E-state index in [1.54, 1.807) is 12.1 Å². The summed E-state index contributed by atoms with van der Waals surface area (Å²) in [5.74, 6) is -2.76. The highest BCUT2D eigenvalue weighted by molar-refractivity contribution is 6.21. The minimum absolute atomic E-state index is 0.0131. The molecule has 3 amide bonds. The predicted octanol–water partition coefficient (Wildman–Crippen LogP) is 3.27. The number of aliphatic carboxylic acids is 1. The molecular weight excluding hydrogens is 436 g/mol. The normalized spacial score (nSPS) is 14.9. The van der Waals surface area contributed by atoms with E-state index in [4.69, 9.17) is 4.74 Å². The van der Waals surface area contributed by atoms with E-state index in [1.165, 1.54) is 12.1 Å². The lowest BCUT2D eigenvalue weighted by atomic mass is 9.98. The van der Waals surface area contributed by atoms with Crippen molar-refractivity contribution >= 4 is 23.9 Å². The van der Waals surface area contributed by atoms with E-state index in [1.807, 2.05) is 48.5 Å². The molecule has 1 unspecified atom stereocenters. The number of imide groups is 1. The number of carboxylic acids is 1.